The Labute approximate surface area is 256 Å². The molecule has 0 aliphatic carbocycles. The standard InChI is InChI=1S/C31H40N6O7/c1-3-4-15-43-31(42)35-11-9-34(10-12-35)28(39)18-32-30(41)25-17-26(23-7-5-21(2)16-24(23)33-25)44-20-29(40)36-13-14-37-22(19-36)6-8-27(37)38/h5,7,16-17,22H,3-4,6,8-15,18-20H2,1-2H3,(H,32,41). The molecule has 1 aromatic heterocycles. The summed E-state index contributed by atoms with van der Waals surface area (Å²) in [6.45, 7) is 6.78. The second-order valence-electron chi connectivity index (χ2n) is 11.5. The van der Waals surface area contributed by atoms with Gasteiger partial charge in [-0.25, -0.2) is 9.78 Å². The number of piperazine rings is 2. The van der Waals surface area contributed by atoms with Crippen LogP contribution >= 0.6 is 0 Å². The number of fused-ring (bicyclic) bond motifs is 2. The van der Waals surface area contributed by atoms with Crippen molar-refractivity contribution in [3.63, 3.8) is 0 Å². The van der Waals surface area contributed by atoms with E-state index in [4.69, 9.17) is 9.47 Å². The molecule has 1 unspecified atom stereocenters. The number of nitrogens with zero attached hydrogens (tertiary/aromatic N) is 5. The number of ether oxygens (including phenoxy) is 2. The van der Waals surface area contributed by atoms with Gasteiger partial charge in [0.1, 0.15) is 11.4 Å². The lowest BCUT2D eigenvalue weighted by molar-refractivity contribution is -0.140. The van der Waals surface area contributed by atoms with Gasteiger partial charge >= 0.3 is 6.09 Å². The van der Waals surface area contributed by atoms with E-state index in [1.165, 1.54) is 6.07 Å². The molecule has 1 aromatic carbocycles. The van der Waals surface area contributed by atoms with Gasteiger partial charge in [-0.1, -0.05) is 19.4 Å². The van der Waals surface area contributed by atoms with Crippen LogP contribution in [0, 0.1) is 6.92 Å². The van der Waals surface area contributed by atoms with Crippen molar-refractivity contribution in [3.8, 4) is 5.75 Å². The zero-order valence-electron chi connectivity index (χ0n) is 25.4. The Hall–Kier alpha value is -4.42. The highest BCUT2D eigenvalue weighted by Gasteiger charge is 2.37. The topological polar surface area (TPSA) is 142 Å². The average Bonchev–Trinajstić information content (AvgIpc) is 3.41. The van der Waals surface area contributed by atoms with E-state index in [0.29, 0.717) is 75.5 Å². The Bertz CT molecular complexity index is 1420. The number of carbonyl (C=O) groups excluding carboxylic acids is 5. The number of rotatable bonds is 9. The highest BCUT2D eigenvalue weighted by Crippen LogP contribution is 2.27. The highest BCUT2D eigenvalue weighted by atomic mass is 16.6. The van der Waals surface area contributed by atoms with Crippen molar-refractivity contribution in [2.75, 3.05) is 65.6 Å². The third-order valence-corrected chi connectivity index (χ3v) is 8.37. The molecular weight excluding hydrogens is 568 g/mol. The fraction of sp³-hybridized carbons (Fsp3) is 0.548. The van der Waals surface area contributed by atoms with Crippen molar-refractivity contribution in [3.05, 3.63) is 35.5 Å². The molecule has 13 heteroatoms. The summed E-state index contributed by atoms with van der Waals surface area (Å²) in [5.74, 6) is -0.506. The summed E-state index contributed by atoms with van der Waals surface area (Å²) in [5.41, 5.74) is 1.54. The zero-order valence-corrected chi connectivity index (χ0v) is 25.4. The van der Waals surface area contributed by atoms with E-state index in [1.807, 2.05) is 36.9 Å². The summed E-state index contributed by atoms with van der Waals surface area (Å²) < 4.78 is 11.2. The second-order valence-corrected chi connectivity index (χ2v) is 11.5. The maximum absolute atomic E-state index is 13.1. The Balaban J connectivity index is 1.17. The molecule has 3 fully saturated rings. The van der Waals surface area contributed by atoms with Crippen molar-refractivity contribution in [1.82, 2.24) is 29.9 Å². The van der Waals surface area contributed by atoms with Crippen LogP contribution < -0.4 is 10.1 Å². The summed E-state index contributed by atoms with van der Waals surface area (Å²) in [4.78, 5) is 74.4. The molecule has 13 nitrogen and oxygen atoms in total. The summed E-state index contributed by atoms with van der Waals surface area (Å²) >= 11 is 0. The normalized spacial score (nSPS) is 18.3. The smallest absolute Gasteiger partial charge is 0.409 e. The van der Waals surface area contributed by atoms with E-state index >= 15 is 0 Å². The molecule has 5 amide bonds. The molecule has 3 aliphatic rings. The third-order valence-electron chi connectivity index (χ3n) is 8.37. The van der Waals surface area contributed by atoms with Crippen molar-refractivity contribution >= 4 is 40.6 Å². The fourth-order valence-corrected chi connectivity index (χ4v) is 5.76. The van der Waals surface area contributed by atoms with E-state index in [1.54, 1.807) is 14.7 Å². The number of pyridine rings is 1. The van der Waals surface area contributed by atoms with Gasteiger partial charge in [0.25, 0.3) is 11.8 Å². The number of amides is 5. The molecule has 1 atom stereocenters. The monoisotopic (exact) mass is 608 g/mol. The quantitative estimate of drug-likeness (QED) is 0.423. The first-order valence-corrected chi connectivity index (χ1v) is 15.3. The first-order valence-electron chi connectivity index (χ1n) is 15.3. The summed E-state index contributed by atoms with van der Waals surface area (Å²) in [5, 5.41) is 3.31. The second kappa shape index (κ2) is 13.9. The summed E-state index contributed by atoms with van der Waals surface area (Å²) in [6, 6.07) is 7.11. The molecule has 3 saturated heterocycles. The predicted molar refractivity (Wildman–Crippen MR) is 160 cm³/mol. The lowest BCUT2D eigenvalue weighted by atomic mass is 10.1. The molecule has 3 aliphatic heterocycles. The lowest BCUT2D eigenvalue weighted by Crippen LogP contribution is -2.54. The van der Waals surface area contributed by atoms with Crippen LogP contribution in [0.2, 0.25) is 0 Å². The van der Waals surface area contributed by atoms with Crippen LogP contribution in [0.15, 0.2) is 24.3 Å². The van der Waals surface area contributed by atoms with Gasteiger partial charge in [0.2, 0.25) is 11.8 Å². The Morgan fingerprint density at radius 2 is 1.73 bits per heavy atom. The van der Waals surface area contributed by atoms with Crippen molar-refractivity contribution in [2.45, 2.75) is 45.6 Å². The molecule has 0 saturated carbocycles. The molecular formula is C31H40N6O7. The van der Waals surface area contributed by atoms with Crippen molar-refractivity contribution < 1.29 is 33.4 Å². The van der Waals surface area contributed by atoms with Crippen LogP contribution in [0.1, 0.15) is 48.7 Å². The highest BCUT2D eigenvalue weighted by molar-refractivity contribution is 5.98. The number of aromatic nitrogens is 1. The number of aryl methyl sites for hydroxylation is 1. The first kappa shape index (κ1) is 31.0. The van der Waals surface area contributed by atoms with Crippen molar-refractivity contribution in [2.24, 2.45) is 0 Å². The Morgan fingerprint density at radius 1 is 0.977 bits per heavy atom. The van der Waals surface area contributed by atoms with Crippen molar-refractivity contribution in [1.29, 1.82) is 0 Å². The van der Waals surface area contributed by atoms with Gasteiger partial charge in [-0.15, -0.1) is 0 Å². The van der Waals surface area contributed by atoms with Gasteiger partial charge in [0.15, 0.2) is 6.61 Å². The molecule has 0 radical (unpaired) electrons. The van der Waals surface area contributed by atoms with Gasteiger partial charge in [0.05, 0.1) is 18.7 Å². The maximum atomic E-state index is 13.1. The van der Waals surface area contributed by atoms with Crippen LogP contribution in [0.25, 0.3) is 10.9 Å². The van der Waals surface area contributed by atoms with Gasteiger partial charge in [-0.3, -0.25) is 19.2 Å². The molecule has 0 bridgehead atoms. The Morgan fingerprint density at radius 3 is 2.50 bits per heavy atom. The average molecular weight is 609 g/mol. The number of carbonyl (C=O) groups is 5. The maximum Gasteiger partial charge on any atom is 0.409 e. The summed E-state index contributed by atoms with van der Waals surface area (Å²) in [7, 11) is 0. The molecule has 1 N–H and O–H groups in total. The van der Waals surface area contributed by atoms with Gasteiger partial charge < -0.3 is 34.4 Å². The minimum Gasteiger partial charge on any atom is -0.483 e. The zero-order chi connectivity index (χ0) is 31.2. The van der Waals surface area contributed by atoms with E-state index in [-0.39, 0.29) is 48.7 Å². The molecule has 44 heavy (non-hydrogen) atoms. The lowest BCUT2D eigenvalue weighted by Gasteiger charge is -2.37. The minimum atomic E-state index is -0.543. The van der Waals surface area contributed by atoms with Crippen LogP contribution in [-0.4, -0.2) is 126 Å². The minimum absolute atomic E-state index is 0.0545. The molecule has 2 aromatic rings. The Kier molecular flexibility index (Phi) is 9.81. The predicted octanol–water partition coefficient (Wildman–Crippen LogP) is 1.57. The number of unbranched alkanes of at least 4 members (excludes halogenated alkanes) is 1. The fourth-order valence-electron chi connectivity index (χ4n) is 5.76. The van der Waals surface area contributed by atoms with Crippen LogP contribution in [0.3, 0.4) is 0 Å². The number of nitrogens with one attached hydrogen (secondary N) is 1. The van der Waals surface area contributed by atoms with Crippen LogP contribution in [0.4, 0.5) is 4.79 Å². The van der Waals surface area contributed by atoms with Gasteiger partial charge in [0, 0.05) is 69.7 Å². The van der Waals surface area contributed by atoms with E-state index < -0.39 is 5.91 Å². The molecule has 5 rings (SSSR count). The van der Waals surface area contributed by atoms with Gasteiger partial charge in [-0.2, -0.15) is 0 Å². The van der Waals surface area contributed by atoms with Crippen LogP contribution in [0.5, 0.6) is 5.75 Å². The number of benzene rings is 1. The molecule has 236 valence electrons. The SMILES string of the molecule is CCCCOC(=O)N1CCN(C(=O)CNC(=O)c2cc(OCC(=O)N3CCN4C(=O)CCC4C3)c3ccc(C)cc3n2)CC1. The van der Waals surface area contributed by atoms with Gasteiger partial charge in [-0.05, 0) is 37.5 Å². The number of hydrogen-bond acceptors (Lipinski definition) is 8. The summed E-state index contributed by atoms with van der Waals surface area (Å²) in [6.07, 6.45) is 2.65. The first-order chi connectivity index (χ1) is 21.2. The third kappa shape index (κ3) is 7.20. The molecule has 4 heterocycles. The van der Waals surface area contributed by atoms with E-state index in [2.05, 4.69) is 10.3 Å². The largest absolute Gasteiger partial charge is 0.483 e. The number of hydrogen-bond donors (Lipinski definition) is 1. The molecule has 0 spiro atoms. The van der Waals surface area contributed by atoms with Crippen LogP contribution in [-0.2, 0) is 19.1 Å². The van der Waals surface area contributed by atoms with E-state index in [0.717, 1.165) is 24.8 Å². The van der Waals surface area contributed by atoms with E-state index in [9.17, 15) is 24.0 Å².